The fourth-order valence-electron chi connectivity index (χ4n) is 2.66. The molecule has 0 fully saturated rings. The van der Waals surface area contributed by atoms with Crippen molar-refractivity contribution in [2.45, 2.75) is 38.0 Å². The monoisotopic (exact) mass is 204 g/mol. The van der Waals surface area contributed by atoms with Crippen molar-refractivity contribution in [3.63, 3.8) is 0 Å². The molecular formula is C13H16O2. The van der Waals surface area contributed by atoms with Gasteiger partial charge in [-0.1, -0.05) is 31.2 Å². The standard InChI is InChI=1S/C13H16O2/c1-2-13(12(14)15)9-5-7-10-6-3-4-8-11(10)13/h3-4,6,8H,2,5,7,9H2,1H3,(H,14,15). The summed E-state index contributed by atoms with van der Waals surface area (Å²) in [5.74, 6) is -0.669. The normalized spacial score (nSPS) is 24.6. The van der Waals surface area contributed by atoms with Crippen LogP contribution in [0.5, 0.6) is 0 Å². The van der Waals surface area contributed by atoms with Crippen LogP contribution in [-0.2, 0) is 16.6 Å². The zero-order chi connectivity index (χ0) is 10.9. The molecule has 0 spiro atoms. The minimum absolute atomic E-state index is 0.630. The van der Waals surface area contributed by atoms with Crippen molar-refractivity contribution in [2.24, 2.45) is 0 Å². The van der Waals surface area contributed by atoms with Crippen molar-refractivity contribution in [1.82, 2.24) is 0 Å². The lowest BCUT2D eigenvalue weighted by Crippen LogP contribution is -2.38. The quantitative estimate of drug-likeness (QED) is 0.804. The average Bonchev–Trinajstić information content (AvgIpc) is 2.28. The highest BCUT2D eigenvalue weighted by atomic mass is 16.4. The Morgan fingerprint density at radius 1 is 1.47 bits per heavy atom. The number of carboxylic acids is 1. The average molecular weight is 204 g/mol. The van der Waals surface area contributed by atoms with E-state index in [0.29, 0.717) is 6.42 Å². The van der Waals surface area contributed by atoms with Crippen molar-refractivity contribution in [2.75, 3.05) is 0 Å². The van der Waals surface area contributed by atoms with Crippen molar-refractivity contribution < 1.29 is 9.90 Å². The first-order chi connectivity index (χ1) is 7.20. The smallest absolute Gasteiger partial charge is 0.314 e. The number of hydrogen-bond donors (Lipinski definition) is 1. The maximum absolute atomic E-state index is 11.5. The molecule has 1 aliphatic carbocycles. The van der Waals surface area contributed by atoms with Gasteiger partial charge in [0, 0.05) is 0 Å². The van der Waals surface area contributed by atoms with E-state index < -0.39 is 11.4 Å². The molecule has 80 valence electrons. The molecule has 1 aliphatic rings. The highest BCUT2D eigenvalue weighted by molar-refractivity contribution is 5.82. The zero-order valence-electron chi connectivity index (χ0n) is 8.99. The first-order valence-corrected chi connectivity index (χ1v) is 5.52. The maximum atomic E-state index is 11.5. The number of fused-ring (bicyclic) bond motifs is 1. The lowest BCUT2D eigenvalue weighted by atomic mass is 9.68. The first kappa shape index (κ1) is 10.2. The maximum Gasteiger partial charge on any atom is 0.314 e. The Kier molecular flexibility index (Phi) is 2.51. The van der Waals surface area contributed by atoms with Gasteiger partial charge in [-0.3, -0.25) is 4.79 Å². The summed E-state index contributed by atoms with van der Waals surface area (Å²) < 4.78 is 0. The van der Waals surface area contributed by atoms with Crippen LogP contribution in [0, 0.1) is 0 Å². The van der Waals surface area contributed by atoms with Gasteiger partial charge in [0.1, 0.15) is 0 Å². The van der Waals surface area contributed by atoms with E-state index in [2.05, 4.69) is 6.07 Å². The van der Waals surface area contributed by atoms with E-state index in [1.165, 1.54) is 5.56 Å². The molecule has 0 heterocycles. The molecule has 2 rings (SSSR count). The summed E-state index contributed by atoms with van der Waals surface area (Å²) in [4.78, 5) is 11.5. The Labute approximate surface area is 89.9 Å². The Morgan fingerprint density at radius 3 is 2.87 bits per heavy atom. The second kappa shape index (κ2) is 3.69. The van der Waals surface area contributed by atoms with Crippen LogP contribution in [0.3, 0.4) is 0 Å². The fourth-order valence-corrected chi connectivity index (χ4v) is 2.66. The van der Waals surface area contributed by atoms with Gasteiger partial charge < -0.3 is 5.11 Å². The Balaban J connectivity index is 2.57. The topological polar surface area (TPSA) is 37.3 Å². The number of hydrogen-bond acceptors (Lipinski definition) is 1. The molecule has 1 aromatic carbocycles. The molecule has 2 nitrogen and oxygen atoms in total. The molecule has 0 amide bonds. The number of aliphatic carboxylic acids is 1. The molecule has 0 saturated carbocycles. The SMILES string of the molecule is CCC1(C(=O)O)CCCc2ccccc21. The molecule has 0 saturated heterocycles. The van der Waals surface area contributed by atoms with E-state index in [0.717, 1.165) is 24.8 Å². The predicted molar refractivity (Wildman–Crippen MR) is 59.0 cm³/mol. The zero-order valence-corrected chi connectivity index (χ0v) is 8.99. The number of carbonyl (C=O) groups is 1. The highest BCUT2D eigenvalue weighted by Gasteiger charge is 2.41. The van der Waals surface area contributed by atoms with Gasteiger partial charge in [-0.2, -0.15) is 0 Å². The number of carboxylic acid groups (broad SMARTS) is 1. The molecule has 0 bridgehead atoms. The van der Waals surface area contributed by atoms with Crippen molar-refractivity contribution >= 4 is 5.97 Å². The summed E-state index contributed by atoms with van der Waals surface area (Å²) in [6.45, 7) is 1.97. The molecule has 15 heavy (non-hydrogen) atoms. The van der Waals surface area contributed by atoms with Gasteiger partial charge in [0.05, 0.1) is 5.41 Å². The van der Waals surface area contributed by atoms with Crippen molar-refractivity contribution in [3.8, 4) is 0 Å². The van der Waals surface area contributed by atoms with Crippen LogP contribution in [-0.4, -0.2) is 11.1 Å². The Hall–Kier alpha value is -1.31. The molecule has 2 heteroatoms. The summed E-state index contributed by atoms with van der Waals surface area (Å²) in [6.07, 6.45) is 3.46. The van der Waals surface area contributed by atoms with E-state index in [-0.39, 0.29) is 0 Å². The Morgan fingerprint density at radius 2 is 2.20 bits per heavy atom. The molecular weight excluding hydrogens is 188 g/mol. The van der Waals surface area contributed by atoms with Crippen LogP contribution in [0.4, 0.5) is 0 Å². The van der Waals surface area contributed by atoms with Crippen molar-refractivity contribution in [3.05, 3.63) is 35.4 Å². The van der Waals surface area contributed by atoms with Crippen LogP contribution < -0.4 is 0 Å². The van der Waals surface area contributed by atoms with Crippen LogP contribution in [0.15, 0.2) is 24.3 Å². The van der Waals surface area contributed by atoms with Gasteiger partial charge >= 0.3 is 5.97 Å². The van der Waals surface area contributed by atoms with Crippen LogP contribution in [0.25, 0.3) is 0 Å². The van der Waals surface area contributed by atoms with E-state index in [1.54, 1.807) is 0 Å². The van der Waals surface area contributed by atoms with Gasteiger partial charge in [0.15, 0.2) is 0 Å². The van der Waals surface area contributed by atoms with Gasteiger partial charge in [0.25, 0.3) is 0 Å². The summed E-state index contributed by atoms with van der Waals surface area (Å²) in [6, 6.07) is 7.97. The van der Waals surface area contributed by atoms with E-state index in [4.69, 9.17) is 0 Å². The lowest BCUT2D eigenvalue weighted by molar-refractivity contribution is -0.144. The number of benzene rings is 1. The molecule has 1 N–H and O–H groups in total. The van der Waals surface area contributed by atoms with Gasteiger partial charge in [0.2, 0.25) is 0 Å². The van der Waals surface area contributed by atoms with E-state index in [9.17, 15) is 9.90 Å². The largest absolute Gasteiger partial charge is 0.481 e. The third-order valence-electron chi connectivity index (χ3n) is 3.60. The number of aryl methyl sites for hydroxylation is 1. The fraction of sp³-hybridized carbons (Fsp3) is 0.462. The molecule has 0 radical (unpaired) electrons. The minimum atomic E-state index is -0.669. The Bertz CT molecular complexity index is 384. The molecule has 0 aliphatic heterocycles. The molecule has 1 atom stereocenters. The number of rotatable bonds is 2. The first-order valence-electron chi connectivity index (χ1n) is 5.52. The van der Waals surface area contributed by atoms with Gasteiger partial charge in [-0.15, -0.1) is 0 Å². The summed E-state index contributed by atoms with van der Waals surface area (Å²) in [5.41, 5.74) is 1.62. The minimum Gasteiger partial charge on any atom is -0.481 e. The van der Waals surface area contributed by atoms with E-state index in [1.807, 2.05) is 25.1 Å². The van der Waals surface area contributed by atoms with Crippen LogP contribution in [0.2, 0.25) is 0 Å². The van der Waals surface area contributed by atoms with E-state index >= 15 is 0 Å². The van der Waals surface area contributed by atoms with Gasteiger partial charge in [-0.05, 0) is 36.8 Å². The highest BCUT2D eigenvalue weighted by Crippen LogP contribution is 2.40. The third-order valence-corrected chi connectivity index (χ3v) is 3.60. The van der Waals surface area contributed by atoms with Crippen LogP contribution in [0.1, 0.15) is 37.3 Å². The third kappa shape index (κ3) is 1.44. The second-order valence-corrected chi connectivity index (χ2v) is 4.25. The predicted octanol–water partition coefficient (Wildman–Crippen LogP) is 2.76. The summed E-state index contributed by atoms with van der Waals surface area (Å²) >= 11 is 0. The van der Waals surface area contributed by atoms with Gasteiger partial charge in [-0.25, -0.2) is 0 Å². The second-order valence-electron chi connectivity index (χ2n) is 4.25. The lowest BCUT2D eigenvalue weighted by Gasteiger charge is -2.34. The van der Waals surface area contributed by atoms with Crippen LogP contribution >= 0.6 is 0 Å². The summed E-state index contributed by atoms with van der Waals surface area (Å²) in [7, 11) is 0. The molecule has 1 unspecified atom stereocenters. The summed E-state index contributed by atoms with van der Waals surface area (Å²) in [5, 5.41) is 9.44. The molecule has 0 aromatic heterocycles. The van der Waals surface area contributed by atoms with Crippen molar-refractivity contribution in [1.29, 1.82) is 0 Å². The molecule has 1 aromatic rings.